The number of amides is 1. The Morgan fingerprint density at radius 3 is 2.15 bits per heavy atom. The molecule has 1 amide bonds. The predicted molar refractivity (Wildman–Crippen MR) is 97.7 cm³/mol. The Morgan fingerprint density at radius 2 is 1.65 bits per heavy atom. The van der Waals surface area contributed by atoms with Crippen LogP contribution in [0, 0.1) is 0 Å². The van der Waals surface area contributed by atoms with Crippen molar-refractivity contribution in [3.63, 3.8) is 0 Å². The van der Waals surface area contributed by atoms with Crippen molar-refractivity contribution in [2.75, 3.05) is 6.61 Å². The summed E-state index contributed by atoms with van der Waals surface area (Å²) in [4.78, 5) is 23.5. The van der Waals surface area contributed by atoms with Gasteiger partial charge >= 0.3 is 12.1 Å². The van der Waals surface area contributed by atoms with Gasteiger partial charge in [0.15, 0.2) is 5.66 Å². The topological polar surface area (TPSA) is 102 Å². The smallest absolute Gasteiger partial charge is 0.409 e. The lowest BCUT2D eigenvalue weighted by atomic mass is 9.98. The van der Waals surface area contributed by atoms with Crippen molar-refractivity contribution >= 4 is 12.1 Å². The van der Waals surface area contributed by atoms with E-state index in [9.17, 15) is 14.7 Å². The second-order valence-corrected chi connectivity index (χ2v) is 6.48. The van der Waals surface area contributed by atoms with Crippen LogP contribution in [-0.2, 0) is 9.53 Å². The molecule has 0 fully saturated rings. The molecule has 1 aliphatic rings. The van der Waals surface area contributed by atoms with E-state index in [-0.39, 0.29) is 18.9 Å². The first-order chi connectivity index (χ1) is 12.5. The SMILES string of the molecule is CCCC(N)(NC(=O)OCC1c2ccccc2-c2ccccc21)C(=O)O. The molecule has 1 aliphatic carbocycles. The Labute approximate surface area is 152 Å². The molecule has 4 N–H and O–H groups in total. The van der Waals surface area contributed by atoms with Crippen LogP contribution in [0.5, 0.6) is 0 Å². The van der Waals surface area contributed by atoms with Gasteiger partial charge in [-0.1, -0.05) is 61.9 Å². The number of hydrogen-bond donors (Lipinski definition) is 3. The summed E-state index contributed by atoms with van der Waals surface area (Å²) in [6.45, 7) is 1.91. The molecule has 0 aromatic heterocycles. The van der Waals surface area contributed by atoms with Crippen molar-refractivity contribution in [3.05, 3.63) is 59.7 Å². The van der Waals surface area contributed by atoms with Crippen molar-refractivity contribution in [1.82, 2.24) is 5.32 Å². The number of fused-ring (bicyclic) bond motifs is 3. The highest BCUT2D eigenvalue weighted by atomic mass is 16.5. The highest BCUT2D eigenvalue weighted by Gasteiger charge is 2.36. The van der Waals surface area contributed by atoms with Gasteiger partial charge < -0.3 is 9.84 Å². The van der Waals surface area contributed by atoms with E-state index in [1.54, 1.807) is 6.92 Å². The normalized spacial score (nSPS) is 14.8. The molecule has 6 nitrogen and oxygen atoms in total. The molecule has 0 spiro atoms. The van der Waals surface area contributed by atoms with Gasteiger partial charge in [0.1, 0.15) is 6.61 Å². The second kappa shape index (κ2) is 7.17. The van der Waals surface area contributed by atoms with Gasteiger partial charge in [-0.3, -0.25) is 11.1 Å². The van der Waals surface area contributed by atoms with Crippen molar-refractivity contribution in [2.24, 2.45) is 5.73 Å². The van der Waals surface area contributed by atoms with E-state index >= 15 is 0 Å². The van der Waals surface area contributed by atoms with Crippen molar-refractivity contribution in [1.29, 1.82) is 0 Å². The lowest BCUT2D eigenvalue weighted by Crippen LogP contribution is -2.61. The van der Waals surface area contributed by atoms with Crippen LogP contribution in [0.1, 0.15) is 36.8 Å². The summed E-state index contributed by atoms with van der Waals surface area (Å²) < 4.78 is 5.34. The van der Waals surface area contributed by atoms with Gasteiger partial charge in [-0.2, -0.15) is 0 Å². The summed E-state index contributed by atoms with van der Waals surface area (Å²) in [6.07, 6.45) is -0.191. The molecule has 26 heavy (non-hydrogen) atoms. The number of carboxylic acids is 1. The molecule has 0 saturated heterocycles. The van der Waals surface area contributed by atoms with Crippen LogP contribution in [0.4, 0.5) is 4.79 Å². The number of carboxylic acid groups (broad SMARTS) is 1. The van der Waals surface area contributed by atoms with Gasteiger partial charge in [0.05, 0.1) is 0 Å². The van der Waals surface area contributed by atoms with Crippen LogP contribution in [0.3, 0.4) is 0 Å². The maximum Gasteiger partial charge on any atom is 0.409 e. The van der Waals surface area contributed by atoms with Crippen LogP contribution in [0.15, 0.2) is 48.5 Å². The fourth-order valence-electron chi connectivity index (χ4n) is 3.43. The summed E-state index contributed by atoms with van der Waals surface area (Å²) in [6, 6.07) is 16.0. The third kappa shape index (κ3) is 3.28. The van der Waals surface area contributed by atoms with Gasteiger partial charge in [0.2, 0.25) is 0 Å². The zero-order valence-electron chi connectivity index (χ0n) is 14.6. The number of nitrogens with one attached hydrogen (secondary N) is 1. The third-order valence-electron chi connectivity index (χ3n) is 4.69. The molecule has 0 radical (unpaired) electrons. The standard InChI is InChI=1S/C20H22N2O4/c1-2-11-20(21,18(23)24)22-19(25)26-12-17-15-9-5-3-7-13(15)14-8-4-6-10-16(14)17/h3-10,17H,2,11-12,21H2,1H3,(H,22,25)(H,23,24). The van der Waals surface area contributed by atoms with Gasteiger partial charge in [-0.25, -0.2) is 9.59 Å². The Bertz CT molecular complexity index is 791. The maximum atomic E-state index is 12.1. The molecule has 2 aromatic carbocycles. The van der Waals surface area contributed by atoms with Crippen LogP contribution in [0.25, 0.3) is 11.1 Å². The molecule has 0 aliphatic heterocycles. The second-order valence-electron chi connectivity index (χ2n) is 6.48. The third-order valence-corrected chi connectivity index (χ3v) is 4.69. The number of ether oxygens (including phenoxy) is 1. The monoisotopic (exact) mass is 354 g/mol. The largest absolute Gasteiger partial charge is 0.478 e. The van der Waals surface area contributed by atoms with E-state index in [2.05, 4.69) is 5.32 Å². The number of alkyl carbamates (subject to hydrolysis) is 1. The lowest BCUT2D eigenvalue weighted by Gasteiger charge is -2.25. The molecule has 3 rings (SSSR count). The first kappa shape index (κ1) is 17.9. The minimum absolute atomic E-state index is 0.0867. The molecule has 136 valence electrons. The summed E-state index contributed by atoms with van der Waals surface area (Å²) >= 11 is 0. The van der Waals surface area contributed by atoms with E-state index < -0.39 is 17.7 Å². The Hall–Kier alpha value is -2.86. The van der Waals surface area contributed by atoms with Crippen LogP contribution in [0.2, 0.25) is 0 Å². The zero-order valence-corrected chi connectivity index (χ0v) is 14.6. The molecule has 1 unspecified atom stereocenters. The molecular formula is C20H22N2O4. The Morgan fingerprint density at radius 1 is 1.12 bits per heavy atom. The van der Waals surface area contributed by atoms with Gasteiger partial charge in [0, 0.05) is 5.92 Å². The highest BCUT2D eigenvalue weighted by molar-refractivity contribution is 5.84. The lowest BCUT2D eigenvalue weighted by molar-refractivity contribution is -0.144. The first-order valence-corrected chi connectivity index (χ1v) is 8.61. The fourth-order valence-corrected chi connectivity index (χ4v) is 3.43. The Kier molecular flexibility index (Phi) is 4.95. The first-order valence-electron chi connectivity index (χ1n) is 8.61. The quantitative estimate of drug-likeness (QED) is 0.692. The van der Waals surface area contributed by atoms with E-state index in [0.29, 0.717) is 6.42 Å². The minimum atomic E-state index is -1.82. The van der Waals surface area contributed by atoms with E-state index in [4.69, 9.17) is 10.5 Å². The average Bonchev–Trinajstić information content (AvgIpc) is 2.94. The number of aliphatic carboxylic acids is 1. The molecular weight excluding hydrogens is 332 g/mol. The van der Waals surface area contributed by atoms with Crippen molar-refractivity contribution < 1.29 is 19.4 Å². The molecule has 6 heteroatoms. The highest BCUT2D eigenvalue weighted by Crippen LogP contribution is 2.44. The number of carbonyl (C=O) groups excluding carboxylic acids is 1. The zero-order chi connectivity index (χ0) is 18.7. The molecule has 1 atom stereocenters. The summed E-state index contributed by atoms with van der Waals surface area (Å²) in [5.41, 5.74) is 8.39. The molecule has 0 heterocycles. The van der Waals surface area contributed by atoms with Crippen molar-refractivity contribution in [3.8, 4) is 11.1 Å². The number of nitrogens with two attached hydrogens (primary N) is 1. The number of benzene rings is 2. The average molecular weight is 354 g/mol. The summed E-state index contributed by atoms with van der Waals surface area (Å²) in [7, 11) is 0. The predicted octanol–water partition coefficient (Wildman–Crippen LogP) is 3.06. The summed E-state index contributed by atoms with van der Waals surface area (Å²) in [5.74, 6) is -1.37. The van der Waals surface area contributed by atoms with Gasteiger partial charge in [-0.05, 0) is 28.7 Å². The van der Waals surface area contributed by atoms with Crippen LogP contribution < -0.4 is 11.1 Å². The molecule has 0 bridgehead atoms. The van der Waals surface area contributed by atoms with Crippen molar-refractivity contribution in [2.45, 2.75) is 31.3 Å². The maximum absolute atomic E-state index is 12.1. The number of rotatable bonds is 6. The molecule has 2 aromatic rings. The van der Waals surface area contributed by atoms with E-state index in [0.717, 1.165) is 22.3 Å². The van der Waals surface area contributed by atoms with Crippen LogP contribution in [-0.4, -0.2) is 29.4 Å². The Balaban J connectivity index is 1.74. The minimum Gasteiger partial charge on any atom is -0.478 e. The fraction of sp³-hybridized carbons (Fsp3) is 0.300. The van der Waals surface area contributed by atoms with E-state index in [1.165, 1.54) is 0 Å². The van der Waals surface area contributed by atoms with Crippen LogP contribution >= 0.6 is 0 Å². The summed E-state index contributed by atoms with van der Waals surface area (Å²) in [5, 5.41) is 11.5. The van der Waals surface area contributed by atoms with Gasteiger partial charge in [-0.15, -0.1) is 0 Å². The van der Waals surface area contributed by atoms with E-state index in [1.807, 2.05) is 48.5 Å². The number of carbonyl (C=O) groups is 2. The number of hydrogen-bond acceptors (Lipinski definition) is 4. The van der Waals surface area contributed by atoms with Gasteiger partial charge in [0.25, 0.3) is 0 Å². The molecule has 0 saturated carbocycles.